The number of hydrogen-bond acceptors (Lipinski definition) is 2. The molecule has 0 aromatic heterocycles. The Balaban J connectivity index is 2.38. The number of phenols is 1. The molecule has 0 amide bonds. The van der Waals surface area contributed by atoms with E-state index in [9.17, 15) is 5.11 Å². The quantitative estimate of drug-likeness (QED) is 0.586. The van der Waals surface area contributed by atoms with E-state index >= 15 is 0 Å². The molecule has 0 aliphatic carbocycles. The van der Waals surface area contributed by atoms with Crippen LogP contribution in [0.15, 0.2) is 54.1 Å². The number of aromatic hydroxyl groups is 1. The van der Waals surface area contributed by atoms with E-state index in [0.29, 0.717) is 6.42 Å². The van der Waals surface area contributed by atoms with Gasteiger partial charge in [0.2, 0.25) is 0 Å². The second-order valence-electron chi connectivity index (χ2n) is 5.90. The second-order valence-corrected chi connectivity index (χ2v) is 5.90. The molecule has 23 heavy (non-hydrogen) atoms. The monoisotopic (exact) mass is 308 g/mol. The van der Waals surface area contributed by atoms with Crippen LogP contribution in [0.5, 0.6) is 11.5 Å². The molecular formula is C21H24O2. The summed E-state index contributed by atoms with van der Waals surface area (Å²) in [6, 6.07) is 14.0. The lowest BCUT2D eigenvalue weighted by Crippen LogP contribution is -1.93. The Labute approximate surface area is 138 Å². The standard InChI is InChI=1S/C21H24O2/c1-15(2)10-11-19-20(22)13-17(14-21(19)23-4)12-16(3)18-8-6-5-7-9-18/h5-10,12-14,22H,11H2,1-4H3/b16-12+. The Hall–Kier alpha value is -2.48. The molecule has 0 atom stereocenters. The van der Waals surface area contributed by atoms with Crippen molar-refractivity contribution in [3.8, 4) is 11.5 Å². The third-order valence-corrected chi connectivity index (χ3v) is 3.75. The fourth-order valence-electron chi connectivity index (χ4n) is 2.46. The third-order valence-electron chi connectivity index (χ3n) is 3.75. The highest BCUT2D eigenvalue weighted by molar-refractivity contribution is 5.81. The van der Waals surface area contributed by atoms with Gasteiger partial charge in [0.1, 0.15) is 11.5 Å². The maximum atomic E-state index is 10.4. The molecule has 0 heterocycles. The predicted octanol–water partition coefficient (Wildman–Crippen LogP) is 5.47. The molecule has 0 radical (unpaired) electrons. The average molecular weight is 308 g/mol. The van der Waals surface area contributed by atoms with E-state index in [-0.39, 0.29) is 5.75 Å². The van der Waals surface area contributed by atoms with Gasteiger partial charge in [-0.1, -0.05) is 48.1 Å². The minimum atomic E-state index is 0.272. The topological polar surface area (TPSA) is 29.5 Å². The molecule has 0 aliphatic heterocycles. The molecule has 0 aliphatic rings. The average Bonchev–Trinajstić information content (AvgIpc) is 2.54. The molecule has 0 unspecified atom stereocenters. The number of methoxy groups -OCH3 is 1. The Morgan fingerprint density at radius 3 is 2.39 bits per heavy atom. The van der Waals surface area contributed by atoms with Gasteiger partial charge in [-0.15, -0.1) is 0 Å². The van der Waals surface area contributed by atoms with Gasteiger partial charge in [-0.3, -0.25) is 0 Å². The van der Waals surface area contributed by atoms with Crippen molar-refractivity contribution in [1.29, 1.82) is 0 Å². The minimum Gasteiger partial charge on any atom is -0.507 e. The van der Waals surface area contributed by atoms with E-state index in [0.717, 1.165) is 22.4 Å². The summed E-state index contributed by atoms with van der Waals surface area (Å²) < 4.78 is 5.47. The first-order chi connectivity index (χ1) is 11.0. The zero-order chi connectivity index (χ0) is 16.8. The lowest BCUT2D eigenvalue weighted by atomic mass is 10.0. The highest BCUT2D eigenvalue weighted by Gasteiger charge is 2.10. The van der Waals surface area contributed by atoms with Gasteiger partial charge in [-0.2, -0.15) is 0 Å². The fourth-order valence-corrected chi connectivity index (χ4v) is 2.46. The van der Waals surface area contributed by atoms with E-state index in [1.165, 1.54) is 11.1 Å². The molecular weight excluding hydrogens is 284 g/mol. The Morgan fingerprint density at radius 1 is 1.09 bits per heavy atom. The zero-order valence-electron chi connectivity index (χ0n) is 14.3. The Morgan fingerprint density at radius 2 is 1.78 bits per heavy atom. The lowest BCUT2D eigenvalue weighted by Gasteiger charge is -2.11. The number of hydrogen-bond donors (Lipinski definition) is 1. The summed E-state index contributed by atoms with van der Waals surface area (Å²) in [6.45, 7) is 6.16. The van der Waals surface area contributed by atoms with Crippen LogP contribution in [0.1, 0.15) is 37.5 Å². The van der Waals surface area contributed by atoms with E-state index in [4.69, 9.17) is 4.74 Å². The van der Waals surface area contributed by atoms with Crippen LogP contribution in [0.25, 0.3) is 11.6 Å². The summed E-state index contributed by atoms with van der Waals surface area (Å²) in [5, 5.41) is 10.4. The molecule has 2 aromatic rings. The SMILES string of the molecule is COc1cc(/C=C(\C)c2ccccc2)cc(O)c1CC=C(C)C. The first-order valence-corrected chi connectivity index (χ1v) is 7.78. The predicted molar refractivity (Wildman–Crippen MR) is 97.8 cm³/mol. The largest absolute Gasteiger partial charge is 0.507 e. The number of allylic oxidation sites excluding steroid dienone is 3. The highest BCUT2D eigenvalue weighted by atomic mass is 16.5. The van der Waals surface area contributed by atoms with Crippen LogP contribution < -0.4 is 4.74 Å². The summed E-state index contributed by atoms with van der Waals surface area (Å²) in [5.74, 6) is 0.989. The van der Waals surface area contributed by atoms with Gasteiger partial charge in [0, 0.05) is 5.56 Å². The van der Waals surface area contributed by atoms with Gasteiger partial charge in [0.15, 0.2) is 0 Å². The van der Waals surface area contributed by atoms with Crippen molar-refractivity contribution in [3.63, 3.8) is 0 Å². The minimum absolute atomic E-state index is 0.272. The molecule has 2 aromatic carbocycles. The van der Waals surface area contributed by atoms with Crippen molar-refractivity contribution in [2.24, 2.45) is 0 Å². The van der Waals surface area contributed by atoms with Gasteiger partial charge < -0.3 is 9.84 Å². The van der Waals surface area contributed by atoms with Crippen LogP contribution in [-0.4, -0.2) is 12.2 Å². The Bertz CT molecular complexity index is 721. The smallest absolute Gasteiger partial charge is 0.126 e. The van der Waals surface area contributed by atoms with E-state index in [2.05, 4.69) is 31.2 Å². The van der Waals surface area contributed by atoms with Crippen molar-refractivity contribution in [3.05, 3.63) is 70.8 Å². The lowest BCUT2D eigenvalue weighted by molar-refractivity contribution is 0.401. The van der Waals surface area contributed by atoms with Gasteiger partial charge in [0.05, 0.1) is 7.11 Å². The van der Waals surface area contributed by atoms with Crippen LogP contribution in [0.2, 0.25) is 0 Å². The van der Waals surface area contributed by atoms with Gasteiger partial charge in [-0.25, -0.2) is 0 Å². The molecule has 0 fully saturated rings. The van der Waals surface area contributed by atoms with E-state index < -0.39 is 0 Å². The second kappa shape index (κ2) is 7.68. The van der Waals surface area contributed by atoms with Crippen LogP contribution in [0.3, 0.4) is 0 Å². The Kier molecular flexibility index (Phi) is 5.64. The summed E-state index contributed by atoms with van der Waals surface area (Å²) >= 11 is 0. The van der Waals surface area contributed by atoms with Crippen LogP contribution in [0.4, 0.5) is 0 Å². The summed E-state index contributed by atoms with van der Waals surface area (Å²) in [5.41, 5.74) is 5.28. The molecule has 2 nitrogen and oxygen atoms in total. The first kappa shape index (κ1) is 16.9. The molecule has 2 rings (SSSR count). The molecule has 120 valence electrons. The third kappa shape index (κ3) is 4.49. The molecule has 2 heteroatoms. The molecule has 1 N–H and O–H groups in total. The maximum Gasteiger partial charge on any atom is 0.126 e. The highest BCUT2D eigenvalue weighted by Crippen LogP contribution is 2.32. The molecule has 0 bridgehead atoms. The van der Waals surface area contributed by atoms with Gasteiger partial charge in [-0.05, 0) is 56.0 Å². The van der Waals surface area contributed by atoms with Crippen molar-refractivity contribution in [2.45, 2.75) is 27.2 Å². The van der Waals surface area contributed by atoms with Gasteiger partial charge in [0.25, 0.3) is 0 Å². The van der Waals surface area contributed by atoms with Crippen molar-refractivity contribution in [1.82, 2.24) is 0 Å². The normalized spacial score (nSPS) is 11.2. The maximum absolute atomic E-state index is 10.4. The zero-order valence-corrected chi connectivity index (χ0v) is 14.3. The fraction of sp³-hybridized carbons (Fsp3) is 0.238. The number of rotatable bonds is 5. The van der Waals surface area contributed by atoms with E-state index in [1.807, 2.05) is 38.1 Å². The summed E-state index contributed by atoms with van der Waals surface area (Å²) in [6.07, 6.45) is 4.81. The number of phenolic OH excluding ortho intramolecular Hbond substituents is 1. The first-order valence-electron chi connectivity index (χ1n) is 7.78. The number of benzene rings is 2. The van der Waals surface area contributed by atoms with Crippen molar-refractivity contribution in [2.75, 3.05) is 7.11 Å². The molecule has 0 spiro atoms. The molecule has 0 saturated carbocycles. The summed E-state index contributed by atoms with van der Waals surface area (Å²) in [7, 11) is 1.64. The molecule has 0 saturated heterocycles. The van der Waals surface area contributed by atoms with Crippen LogP contribution in [-0.2, 0) is 6.42 Å². The van der Waals surface area contributed by atoms with Crippen molar-refractivity contribution < 1.29 is 9.84 Å². The van der Waals surface area contributed by atoms with Crippen molar-refractivity contribution >= 4 is 11.6 Å². The van der Waals surface area contributed by atoms with E-state index in [1.54, 1.807) is 13.2 Å². The number of ether oxygens (including phenoxy) is 1. The van der Waals surface area contributed by atoms with Gasteiger partial charge >= 0.3 is 0 Å². The summed E-state index contributed by atoms with van der Waals surface area (Å²) in [4.78, 5) is 0. The van der Waals surface area contributed by atoms with Crippen LogP contribution in [0, 0.1) is 0 Å². The van der Waals surface area contributed by atoms with Crippen LogP contribution >= 0.6 is 0 Å².